The molecule has 2 aliphatic heterocycles. The van der Waals surface area contributed by atoms with Crippen molar-refractivity contribution in [3.05, 3.63) is 53.6 Å². The molecule has 2 aromatic rings. The Morgan fingerprint density at radius 1 is 1.10 bits per heavy atom. The quantitative estimate of drug-likeness (QED) is 0.912. The van der Waals surface area contributed by atoms with E-state index in [-0.39, 0.29) is 0 Å². The van der Waals surface area contributed by atoms with E-state index in [1.807, 2.05) is 0 Å². The molecule has 1 N–H and O–H groups in total. The summed E-state index contributed by atoms with van der Waals surface area (Å²) >= 11 is 0. The molecular weight excluding hydrogens is 260 g/mol. The smallest absolute Gasteiger partial charge is 0.147 e. The summed E-state index contributed by atoms with van der Waals surface area (Å²) in [5, 5.41) is 3.42. The van der Waals surface area contributed by atoms with Crippen molar-refractivity contribution in [2.75, 3.05) is 29.9 Å². The molecule has 0 saturated heterocycles. The van der Waals surface area contributed by atoms with E-state index in [0.717, 1.165) is 37.7 Å². The van der Waals surface area contributed by atoms with Gasteiger partial charge in [0, 0.05) is 30.9 Å². The molecule has 0 bridgehead atoms. The molecule has 0 aromatic heterocycles. The lowest BCUT2D eigenvalue weighted by molar-refractivity contribution is 0.319. The largest absolute Gasteiger partial charge is 0.489 e. The SMILES string of the molecule is c1ccc2c(c1)CCCN2Cc1cccc2c1OCCN2. The van der Waals surface area contributed by atoms with E-state index in [2.05, 4.69) is 52.7 Å². The molecule has 2 heterocycles. The molecule has 0 unspecified atom stereocenters. The van der Waals surface area contributed by atoms with Gasteiger partial charge in [0.2, 0.25) is 0 Å². The molecule has 0 atom stereocenters. The highest BCUT2D eigenvalue weighted by molar-refractivity contribution is 5.63. The van der Waals surface area contributed by atoms with Gasteiger partial charge in [0.25, 0.3) is 0 Å². The van der Waals surface area contributed by atoms with Crippen LogP contribution in [0.5, 0.6) is 5.75 Å². The van der Waals surface area contributed by atoms with Gasteiger partial charge in [-0.15, -0.1) is 0 Å². The zero-order valence-electron chi connectivity index (χ0n) is 12.1. The molecule has 0 aliphatic carbocycles. The molecule has 2 aromatic carbocycles. The van der Waals surface area contributed by atoms with Crippen LogP contribution in [0.1, 0.15) is 17.5 Å². The Labute approximate surface area is 125 Å². The van der Waals surface area contributed by atoms with Crippen LogP contribution in [0.15, 0.2) is 42.5 Å². The Bertz CT molecular complexity index is 653. The van der Waals surface area contributed by atoms with Crippen molar-refractivity contribution < 1.29 is 4.74 Å². The van der Waals surface area contributed by atoms with E-state index in [0.29, 0.717) is 0 Å². The van der Waals surface area contributed by atoms with Crippen LogP contribution in [0, 0.1) is 0 Å². The van der Waals surface area contributed by atoms with Gasteiger partial charge in [-0.3, -0.25) is 0 Å². The zero-order valence-corrected chi connectivity index (χ0v) is 12.1. The summed E-state index contributed by atoms with van der Waals surface area (Å²) in [6, 6.07) is 15.2. The molecule has 0 spiro atoms. The molecule has 3 heteroatoms. The van der Waals surface area contributed by atoms with Gasteiger partial charge < -0.3 is 15.0 Å². The number of benzene rings is 2. The first-order valence-corrected chi connectivity index (χ1v) is 7.73. The van der Waals surface area contributed by atoms with Gasteiger partial charge in [0.05, 0.1) is 5.69 Å². The van der Waals surface area contributed by atoms with Gasteiger partial charge >= 0.3 is 0 Å². The number of rotatable bonds is 2. The lowest BCUT2D eigenvalue weighted by Crippen LogP contribution is -2.29. The minimum absolute atomic E-state index is 0.751. The van der Waals surface area contributed by atoms with Crippen molar-refractivity contribution in [1.29, 1.82) is 0 Å². The molecule has 0 radical (unpaired) electrons. The average molecular weight is 280 g/mol. The summed E-state index contributed by atoms with van der Waals surface area (Å²) in [7, 11) is 0. The van der Waals surface area contributed by atoms with Crippen molar-refractivity contribution in [3.8, 4) is 5.75 Å². The van der Waals surface area contributed by atoms with Crippen molar-refractivity contribution >= 4 is 11.4 Å². The number of fused-ring (bicyclic) bond motifs is 2. The third kappa shape index (κ3) is 2.33. The van der Waals surface area contributed by atoms with Crippen LogP contribution < -0.4 is 15.0 Å². The number of nitrogens with one attached hydrogen (secondary N) is 1. The van der Waals surface area contributed by atoms with E-state index >= 15 is 0 Å². The molecular formula is C18H20N2O. The summed E-state index contributed by atoms with van der Waals surface area (Å²) in [5.74, 6) is 1.03. The number of anilines is 2. The van der Waals surface area contributed by atoms with Crippen LogP contribution >= 0.6 is 0 Å². The van der Waals surface area contributed by atoms with Crippen LogP contribution in [0.25, 0.3) is 0 Å². The highest BCUT2D eigenvalue weighted by Gasteiger charge is 2.20. The fraction of sp³-hybridized carbons (Fsp3) is 0.333. The van der Waals surface area contributed by atoms with Crippen LogP contribution in [0.3, 0.4) is 0 Å². The summed E-state index contributed by atoms with van der Waals surface area (Å²) in [4.78, 5) is 2.48. The molecule has 21 heavy (non-hydrogen) atoms. The van der Waals surface area contributed by atoms with Gasteiger partial charge in [0.1, 0.15) is 12.4 Å². The molecule has 3 nitrogen and oxygen atoms in total. The maximum Gasteiger partial charge on any atom is 0.147 e. The maximum absolute atomic E-state index is 5.89. The fourth-order valence-corrected chi connectivity index (χ4v) is 3.34. The number of aryl methyl sites for hydroxylation is 1. The normalized spacial score (nSPS) is 16.5. The summed E-state index contributed by atoms with van der Waals surface area (Å²) in [5.41, 5.74) is 5.25. The van der Waals surface area contributed by atoms with Crippen molar-refractivity contribution in [3.63, 3.8) is 0 Å². The topological polar surface area (TPSA) is 24.5 Å². The van der Waals surface area contributed by atoms with E-state index in [9.17, 15) is 0 Å². The van der Waals surface area contributed by atoms with Gasteiger partial charge in [-0.25, -0.2) is 0 Å². The molecule has 0 fully saturated rings. The lowest BCUT2D eigenvalue weighted by atomic mass is 10.0. The second kappa shape index (κ2) is 5.32. The molecule has 2 aliphatic rings. The first kappa shape index (κ1) is 12.6. The van der Waals surface area contributed by atoms with Gasteiger partial charge in [-0.05, 0) is 30.5 Å². The number of hydrogen-bond acceptors (Lipinski definition) is 3. The third-order valence-corrected chi connectivity index (χ3v) is 4.33. The fourth-order valence-electron chi connectivity index (χ4n) is 3.34. The Morgan fingerprint density at radius 2 is 2.05 bits per heavy atom. The second-order valence-electron chi connectivity index (χ2n) is 5.72. The molecule has 108 valence electrons. The number of para-hydroxylation sites is 2. The molecule has 0 saturated carbocycles. The van der Waals surface area contributed by atoms with E-state index in [4.69, 9.17) is 4.74 Å². The van der Waals surface area contributed by atoms with Crippen LogP contribution in [0.2, 0.25) is 0 Å². The van der Waals surface area contributed by atoms with Crippen LogP contribution in [-0.4, -0.2) is 19.7 Å². The van der Waals surface area contributed by atoms with Crippen LogP contribution in [-0.2, 0) is 13.0 Å². The monoisotopic (exact) mass is 280 g/mol. The lowest BCUT2D eigenvalue weighted by Gasteiger charge is -2.32. The third-order valence-electron chi connectivity index (χ3n) is 4.33. The van der Waals surface area contributed by atoms with Gasteiger partial charge in [-0.1, -0.05) is 30.3 Å². The Hall–Kier alpha value is -2.16. The first-order chi connectivity index (χ1) is 10.4. The van der Waals surface area contributed by atoms with Crippen molar-refractivity contribution in [2.24, 2.45) is 0 Å². The molecule has 0 amide bonds. The highest BCUT2D eigenvalue weighted by atomic mass is 16.5. The average Bonchev–Trinajstić information content (AvgIpc) is 2.56. The number of nitrogens with zero attached hydrogens (tertiary/aromatic N) is 1. The molecule has 4 rings (SSSR count). The Kier molecular flexibility index (Phi) is 3.18. The second-order valence-corrected chi connectivity index (χ2v) is 5.72. The first-order valence-electron chi connectivity index (χ1n) is 7.73. The summed E-state index contributed by atoms with van der Waals surface area (Å²) in [6.45, 7) is 3.68. The Morgan fingerprint density at radius 3 is 3.05 bits per heavy atom. The predicted molar refractivity (Wildman–Crippen MR) is 86.2 cm³/mol. The van der Waals surface area contributed by atoms with Crippen LogP contribution in [0.4, 0.5) is 11.4 Å². The van der Waals surface area contributed by atoms with E-state index < -0.39 is 0 Å². The van der Waals surface area contributed by atoms with Crippen molar-refractivity contribution in [1.82, 2.24) is 0 Å². The zero-order chi connectivity index (χ0) is 14.1. The Balaban J connectivity index is 1.66. The minimum atomic E-state index is 0.751. The van der Waals surface area contributed by atoms with Crippen molar-refractivity contribution in [2.45, 2.75) is 19.4 Å². The standard InChI is InChI=1S/C18H20N2O/c1-2-9-17-14(5-1)7-4-11-20(17)13-15-6-3-8-16-18(15)21-12-10-19-16/h1-3,5-6,8-9,19H,4,7,10-13H2. The summed E-state index contributed by atoms with van der Waals surface area (Å²) in [6.07, 6.45) is 2.42. The van der Waals surface area contributed by atoms with Gasteiger partial charge in [0.15, 0.2) is 0 Å². The van der Waals surface area contributed by atoms with E-state index in [1.54, 1.807) is 0 Å². The van der Waals surface area contributed by atoms with E-state index in [1.165, 1.54) is 29.7 Å². The van der Waals surface area contributed by atoms with Gasteiger partial charge in [-0.2, -0.15) is 0 Å². The maximum atomic E-state index is 5.89. The highest BCUT2D eigenvalue weighted by Crippen LogP contribution is 2.34. The minimum Gasteiger partial charge on any atom is -0.489 e. The summed E-state index contributed by atoms with van der Waals surface area (Å²) < 4.78 is 5.89. The predicted octanol–water partition coefficient (Wildman–Crippen LogP) is 3.44. The number of hydrogen-bond donors (Lipinski definition) is 1. The number of ether oxygens (including phenoxy) is 1.